The number of hydrogen-bond donors (Lipinski definition) is 0. The Morgan fingerprint density at radius 3 is 2.82 bits per heavy atom. The van der Waals surface area contributed by atoms with Gasteiger partial charge >= 0.3 is 5.97 Å². The summed E-state index contributed by atoms with van der Waals surface area (Å²) in [5.74, 6) is -0.829. The van der Waals surface area contributed by atoms with E-state index in [4.69, 9.17) is 4.42 Å². The fraction of sp³-hybridized carbons (Fsp3) is 0.231. The van der Waals surface area contributed by atoms with E-state index in [1.165, 1.54) is 0 Å². The van der Waals surface area contributed by atoms with Gasteiger partial charge in [-0.05, 0) is 26.0 Å². The highest BCUT2D eigenvalue weighted by atomic mass is 16.5. The summed E-state index contributed by atoms with van der Waals surface area (Å²) in [5, 5.41) is 0.803. The van der Waals surface area contributed by atoms with Gasteiger partial charge in [-0.25, -0.2) is 4.79 Å². The minimum Gasteiger partial charge on any atom is -0.461 e. The number of carbonyl (C=O) groups is 2. The molecule has 0 saturated carbocycles. The van der Waals surface area contributed by atoms with Gasteiger partial charge in [0.15, 0.2) is 0 Å². The Morgan fingerprint density at radius 2 is 2.12 bits per heavy atom. The second kappa shape index (κ2) is 4.41. The van der Waals surface area contributed by atoms with E-state index >= 15 is 0 Å². The lowest BCUT2D eigenvalue weighted by Gasteiger charge is -2.01. The van der Waals surface area contributed by atoms with Crippen LogP contribution in [0.3, 0.4) is 0 Å². The summed E-state index contributed by atoms with van der Waals surface area (Å²) in [7, 11) is 0. The number of para-hydroxylation sites is 1. The van der Waals surface area contributed by atoms with Crippen molar-refractivity contribution in [2.45, 2.75) is 13.8 Å². The highest BCUT2D eigenvalue weighted by Crippen LogP contribution is 2.23. The summed E-state index contributed by atoms with van der Waals surface area (Å²) in [4.78, 5) is 23.2. The van der Waals surface area contributed by atoms with E-state index in [1.54, 1.807) is 26.0 Å². The van der Waals surface area contributed by atoms with Crippen molar-refractivity contribution in [1.29, 1.82) is 0 Å². The average molecular weight is 232 g/mol. The first-order valence-electron chi connectivity index (χ1n) is 5.34. The van der Waals surface area contributed by atoms with Gasteiger partial charge in [-0.15, -0.1) is 0 Å². The van der Waals surface area contributed by atoms with Gasteiger partial charge in [0.25, 0.3) is 5.78 Å². The molecule has 4 heteroatoms. The molecule has 0 atom stereocenters. The fourth-order valence-corrected chi connectivity index (χ4v) is 1.68. The molecule has 1 aromatic carbocycles. The molecule has 0 saturated heterocycles. The van der Waals surface area contributed by atoms with Crippen LogP contribution in [0.4, 0.5) is 0 Å². The average Bonchev–Trinajstić information content (AvgIpc) is 2.68. The zero-order valence-electron chi connectivity index (χ0n) is 9.65. The predicted octanol–water partition coefficient (Wildman–Crippen LogP) is 2.49. The number of benzene rings is 1. The summed E-state index contributed by atoms with van der Waals surface area (Å²) < 4.78 is 10.1. The molecule has 0 spiro atoms. The van der Waals surface area contributed by atoms with Crippen molar-refractivity contribution < 1.29 is 18.7 Å². The van der Waals surface area contributed by atoms with Crippen molar-refractivity contribution in [3.63, 3.8) is 0 Å². The van der Waals surface area contributed by atoms with Crippen molar-refractivity contribution in [3.05, 3.63) is 35.6 Å². The zero-order chi connectivity index (χ0) is 12.4. The first-order valence-corrected chi connectivity index (χ1v) is 5.34. The monoisotopic (exact) mass is 232 g/mol. The van der Waals surface area contributed by atoms with Crippen LogP contribution in [0, 0.1) is 6.92 Å². The Kier molecular flexibility index (Phi) is 2.95. The Labute approximate surface area is 98.2 Å². The van der Waals surface area contributed by atoms with Crippen LogP contribution in [-0.2, 0) is 9.53 Å². The maximum absolute atomic E-state index is 11.8. The van der Waals surface area contributed by atoms with E-state index in [-0.39, 0.29) is 12.2 Å². The van der Waals surface area contributed by atoms with Gasteiger partial charge in [0.1, 0.15) is 11.3 Å². The number of ketones is 1. The quantitative estimate of drug-likeness (QED) is 0.463. The van der Waals surface area contributed by atoms with Gasteiger partial charge in [0, 0.05) is 5.39 Å². The molecule has 0 aliphatic carbocycles. The molecule has 2 aromatic rings. The van der Waals surface area contributed by atoms with Gasteiger partial charge in [-0.1, -0.05) is 12.1 Å². The van der Waals surface area contributed by atoms with Gasteiger partial charge in [-0.3, -0.25) is 4.79 Å². The third-order valence-electron chi connectivity index (χ3n) is 2.37. The van der Waals surface area contributed by atoms with Crippen LogP contribution >= 0.6 is 0 Å². The van der Waals surface area contributed by atoms with Crippen LogP contribution in [0.25, 0.3) is 11.0 Å². The second-order valence-electron chi connectivity index (χ2n) is 3.63. The van der Waals surface area contributed by atoms with Crippen molar-refractivity contribution >= 4 is 22.7 Å². The van der Waals surface area contributed by atoms with Gasteiger partial charge in [0.05, 0.1) is 12.2 Å². The Hall–Kier alpha value is -2.10. The molecule has 0 N–H and O–H groups in total. The minimum absolute atomic E-state index is 0.178. The van der Waals surface area contributed by atoms with Crippen LogP contribution < -0.4 is 0 Å². The molecule has 2 rings (SSSR count). The molecule has 0 unspecified atom stereocenters. The molecule has 0 bridgehead atoms. The van der Waals surface area contributed by atoms with Gasteiger partial charge in [-0.2, -0.15) is 0 Å². The van der Waals surface area contributed by atoms with Crippen LogP contribution in [0.1, 0.15) is 23.0 Å². The standard InChI is InChI=1S/C13H12O4/c1-3-16-13(15)11(14)10-6-4-5-9-7-8(2)17-12(9)10/h4-7H,3H2,1-2H3. The number of aryl methyl sites for hydroxylation is 1. The smallest absolute Gasteiger partial charge is 0.379 e. The Bertz CT molecular complexity index is 580. The van der Waals surface area contributed by atoms with E-state index in [0.717, 1.165) is 5.39 Å². The summed E-state index contributed by atoms with van der Waals surface area (Å²) in [6.45, 7) is 3.62. The summed E-state index contributed by atoms with van der Waals surface area (Å²) >= 11 is 0. The van der Waals surface area contributed by atoms with E-state index in [2.05, 4.69) is 4.74 Å². The van der Waals surface area contributed by atoms with Gasteiger partial charge in [0.2, 0.25) is 0 Å². The van der Waals surface area contributed by atoms with Crippen molar-refractivity contribution in [2.75, 3.05) is 6.61 Å². The second-order valence-corrected chi connectivity index (χ2v) is 3.63. The lowest BCUT2D eigenvalue weighted by Crippen LogP contribution is -2.17. The molecule has 17 heavy (non-hydrogen) atoms. The number of furan rings is 1. The van der Waals surface area contributed by atoms with E-state index in [1.807, 2.05) is 12.1 Å². The number of rotatable bonds is 3. The van der Waals surface area contributed by atoms with Crippen LogP contribution in [0.15, 0.2) is 28.7 Å². The summed E-state index contributed by atoms with van der Waals surface area (Å²) in [6, 6.07) is 6.92. The molecule has 0 aliphatic heterocycles. The largest absolute Gasteiger partial charge is 0.461 e. The van der Waals surface area contributed by atoms with E-state index in [0.29, 0.717) is 11.3 Å². The number of ether oxygens (including phenoxy) is 1. The molecule has 1 aromatic heterocycles. The predicted molar refractivity (Wildman–Crippen MR) is 61.9 cm³/mol. The van der Waals surface area contributed by atoms with Crippen LogP contribution in [-0.4, -0.2) is 18.4 Å². The molecular formula is C13H12O4. The lowest BCUT2D eigenvalue weighted by atomic mass is 10.1. The lowest BCUT2D eigenvalue weighted by molar-refractivity contribution is -0.137. The van der Waals surface area contributed by atoms with Crippen molar-refractivity contribution in [3.8, 4) is 0 Å². The minimum atomic E-state index is -0.853. The molecule has 0 radical (unpaired) electrons. The SMILES string of the molecule is CCOC(=O)C(=O)c1cccc2cc(C)oc12. The molecule has 0 aliphatic rings. The third-order valence-corrected chi connectivity index (χ3v) is 2.37. The molecule has 4 nitrogen and oxygen atoms in total. The first kappa shape index (κ1) is 11.4. The summed E-state index contributed by atoms with van der Waals surface area (Å²) in [5.41, 5.74) is 0.678. The molecule has 88 valence electrons. The van der Waals surface area contributed by atoms with E-state index in [9.17, 15) is 9.59 Å². The van der Waals surface area contributed by atoms with Crippen LogP contribution in [0.5, 0.6) is 0 Å². The molecule has 0 fully saturated rings. The summed E-state index contributed by atoms with van der Waals surface area (Å²) in [6.07, 6.45) is 0. The number of fused-ring (bicyclic) bond motifs is 1. The third kappa shape index (κ3) is 2.06. The Balaban J connectivity index is 2.48. The van der Waals surface area contributed by atoms with E-state index < -0.39 is 11.8 Å². The highest BCUT2D eigenvalue weighted by molar-refractivity contribution is 6.42. The molecular weight excluding hydrogens is 220 g/mol. The van der Waals surface area contributed by atoms with Crippen LogP contribution in [0.2, 0.25) is 0 Å². The number of Topliss-reactive ketones (excluding diaryl/α,β-unsaturated/α-hetero) is 1. The normalized spacial score (nSPS) is 10.5. The first-order chi connectivity index (χ1) is 8.13. The van der Waals surface area contributed by atoms with Crippen molar-refractivity contribution in [2.24, 2.45) is 0 Å². The van der Waals surface area contributed by atoms with Crippen molar-refractivity contribution in [1.82, 2.24) is 0 Å². The molecule has 1 heterocycles. The zero-order valence-corrected chi connectivity index (χ0v) is 9.65. The number of hydrogen-bond acceptors (Lipinski definition) is 4. The Morgan fingerprint density at radius 1 is 1.35 bits per heavy atom. The topological polar surface area (TPSA) is 56.5 Å². The maximum Gasteiger partial charge on any atom is 0.379 e. The maximum atomic E-state index is 11.8. The molecule has 0 amide bonds. The highest BCUT2D eigenvalue weighted by Gasteiger charge is 2.21. The number of carbonyl (C=O) groups excluding carboxylic acids is 2. The fourth-order valence-electron chi connectivity index (χ4n) is 1.68. The number of esters is 1. The van der Waals surface area contributed by atoms with Gasteiger partial charge < -0.3 is 9.15 Å².